The molecule has 1 aromatic heterocycles. The summed E-state index contributed by atoms with van der Waals surface area (Å²) in [4.78, 5) is 13.4. The number of hydrogen-bond donors (Lipinski definition) is 0. The summed E-state index contributed by atoms with van der Waals surface area (Å²) in [6.07, 6.45) is 0. The van der Waals surface area contributed by atoms with E-state index in [2.05, 4.69) is 0 Å². The van der Waals surface area contributed by atoms with Crippen molar-refractivity contribution >= 4 is 11.0 Å². The van der Waals surface area contributed by atoms with Crippen LogP contribution in [-0.2, 0) is 0 Å². The van der Waals surface area contributed by atoms with E-state index >= 15 is 0 Å². The van der Waals surface area contributed by atoms with E-state index in [1.165, 1.54) is 0 Å². The summed E-state index contributed by atoms with van der Waals surface area (Å²) in [6, 6.07) is 22.3. The highest BCUT2D eigenvalue weighted by Crippen LogP contribution is 2.37. The van der Waals surface area contributed by atoms with Gasteiger partial charge in [0.2, 0.25) is 5.43 Å². The van der Waals surface area contributed by atoms with Gasteiger partial charge in [-0.2, -0.15) is 0 Å². The molecule has 0 aliphatic carbocycles. The van der Waals surface area contributed by atoms with Crippen molar-refractivity contribution in [1.82, 2.24) is 0 Å². The summed E-state index contributed by atoms with van der Waals surface area (Å²) < 4.78 is 17.0. The van der Waals surface area contributed by atoms with Crippen LogP contribution < -0.4 is 14.9 Å². The second-order valence-corrected chi connectivity index (χ2v) is 6.06. The van der Waals surface area contributed by atoms with Crippen LogP contribution in [0, 0.1) is 0 Å². The number of hydrogen-bond acceptors (Lipinski definition) is 4. The van der Waals surface area contributed by atoms with Gasteiger partial charge in [-0.3, -0.25) is 4.79 Å². The van der Waals surface area contributed by atoms with Crippen molar-refractivity contribution in [2.24, 2.45) is 0 Å². The first kappa shape index (κ1) is 16.9. The highest BCUT2D eigenvalue weighted by Gasteiger charge is 2.20. The molecular formula is C23H18O4. The van der Waals surface area contributed by atoms with Gasteiger partial charge in [-0.25, -0.2) is 0 Å². The SMILES string of the molecule is COc1ccc2c(=O)c(-c3ccccc3OC)c(-c3ccccc3)oc2c1. The smallest absolute Gasteiger partial charge is 0.201 e. The Bertz CT molecular complexity index is 1160. The molecule has 0 spiro atoms. The lowest BCUT2D eigenvalue weighted by Gasteiger charge is -2.13. The number of para-hydroxylation sites is 1. The first-order chi connectivity index (χ1) is 13.2. The van der Waals surface area contributed by atoms with Gasteiger partial charge < -0.3 is 13.9 Å². The summed E-state index contributed by atoms with van der Waals surface area (Å²) in [5, 5.41) is 0.497. The predicted molar refractivity (Wildman–Crippen MR) is 106 cm³/mol. The molecule has 3 aromatic carbocycles. The molecule has 0 N–H and O–H groups in total. The Morgan fingerprint density at radius 2 is 1.56 bits per heavy atom. The number of rotatable bonds is 4. The van der Waals surface area contributed by atoms with E-state index in [0.29, 0.717) is 39.4 Å². The summed E-state index contributed by atoms with van der Waals surface area (Å²) >= 11 is 0. The highest BCUT2D eigenvalue weighted by molar-refractivity contribution is 5.91. The quantitative estimate of drug-likeness (QED) is 0.506. The zero-order valence-electron chi connectivity index (χ0n) is 15.1. The third-order valence-electron chi connectivity index (χ3n) is 4.51. The van der Waals surface area contributed by atoms with Crippen LogP contribution in [0.1, 0.15) is 0 Å². The van der Waals surface area contributed by atoms with Crippen LogP contribution in [0.15, 0.2) is 82.0 Å². The number of ether oxygens (including phenoxy) is 2. The average molecular weight is 358 g/mol. The Morgan fingerprint density at radius 1 is 0.815 bits per heavy atom. The molecule has 0 aliphatic rings. The third-order valence-corrected chi connectivity index (χ3v) is 4.51. The molecule has 4 heteroatoms. The normalized spacial score (nSPS) is 10.7. The molecule has 0 amide bonds. The van der Waals surface area contributed by atoms with Crippen LogP contribution in [0.2, 0.25) is 0 Å². The van der Waals surface area contributed by atoms with Crippen molar-refractivity contribution in [1.29, 1.82) is 0 Å². The Hall–Kier alpha value is -3.53. The number of fused-ring (bicyclic) bond motifs is 1. The predicted octanol–water partition coefficient (Wildman–Crippen LogP) is 5.14. The van der Waals surface area contributed by atoms with Gasteiger partial charge in [-0.05, 0) is 18.2 Å². The molecule has 27 heavy (non-hydrogen) atoms. The Balaban J connectivity index is 2.13. The molecule has 0 atom stereocenters. The second kappa shape index (κ2) is 7.00. The maximum atomic E-state index is 13.4. The summed E-state index contributed by atoms with van der Waals surface area (Å²) in [5.41, 5.74) is 2.38. The first-order valence-electron chi connectivity index (χ1n) is 8.56. The van der Waals surface area contributed by atoms with E-state index in [1.54, 1.807) is 32.4 Å². The molecular weight excluding hydrogens is 340 g/mol. The maximum absolute atomic E-state index is 13.4. The largest absolute Gasteiger partial charge is 0.497 e. The van der Waals surface area contributed by atoms with Crippen LogP contribution in [-0.4, -0.2) is 14.2 Å². The molecule has 0 aliphatic heterocycles. The third kappa shape index (κ3) is 2.95. The monoisotopic (exact) mass is 358 g/mol. The lowest BCUT2D eigenvalue weighted by Crippen LogP contribution is -2.08. The minimum atomic E-state index is -0.109. The lowest BCUT2D eigenvalue weighted by molar-refractivity contribution is 0.414. The molecule has 4 aromatic rings. The van der Waals surface area contributed by atoms with Crippen molar-refractivity contribution in [2.45, 2.75) is 0 Å². The molecule has 4 rings (SSSR count). The van der Waals surface area contributed by atoms with Gasteiger partial charge in [0.05, 0.1) is 25.2 Å². The van der Waals surface area contributed by atoms with Crippen molar-refractivity contribution in [2.75, 3.05) is 14.2 Å². The molecule has 0 fully saturated rings. The van der Waals surface area contributed by atoms with Crippen LogP contribution in [0.3, 0.4) is 0 Å². The Kier molecular flexibility index (Phi) is 4.38. The standard InChI is InChI=1S/C23H18O4/c1-25-16-12-13-18-20(14-16)27-23(15-8-4-3-5-9-15)21(22(18)24)17-10-6-7-11-19(17)26-2/h3-14H,1-2H3. The lowest BCUT2D eigenvalue weighted by atomic mass is 9.97. The van der Waals surface area contributed by atoms with Gasteiger partial charge in [0, 0.05) is 17.2 Å². The van der Waals surface area contributed by atoms with Crippen molar-refractivity contribution in [3.63, 3.8) is 0 Å². The van der Waals surface area contributed by atoms with Crippen LogP contribution in [0.4, 0.5) is 0 Å². The Labute approximate surface area is 156 Å². The number of benzene rings is 3. The summed E-state index contributed by atoms with van der Waals surface area (Å²) in [5.74, 6) is 1.76. The van der Waals surface area contributed by atoms with Crippen LogP contribution >= 0.6 is 0 Å². The molecule has 134 valence electrons. The molecule has 0 radical (unpaired) electrons. The van der Waals surface area contributed by atoms with Gasteiger partial charge in [-0.1, -0.05) is 48.5 Å². The van der Waals surface area contributed by atoms with E-state index in [9.17, 15) is 4.79 Å². The highest BCUT2D eigenvalue weighted by atomic mass is 16.5. The molecule has 0 saturated heterocycles. The van der Waals surface area contributed by atoms with Gasteiger partial charge in [0.15, 0.2) is 0 Å². The van der Waals surface area contributed by atoms with Crippen molar-refractivity contribution in [3.05, 3.63) is 83.0 Å². The fraction of sp³-hybridized carbons (Fsp3) is 0.0870. The first-order valence-corrected chi connectivity index (χ1v) is 8.56. The van der Waals surface area contributed by atoms with E-state index in [-0.39, 0.29) is 5.43 Å². The van der Waals surface area contributed by atoms with Crippen LogP contribution in [0.5, 0.6) is 11.5 Å². The van der Waals surface area contributed by atoms with E-state index < -0.39 is 0 Å². The van der Waals surface area contributed by atoms with Gasteiger partial charge in [-0.15, -0.1) is 0 Å². The molecule has 1 heterocycles. The van der Waals surface area contributed by atoms with Crippen molar-refractivity contribution < 1.29 is 13.9 Å². The average Bonchev–Trinajstić information content (AvgIpc) is 2.74. The van der Waals surface area contributed by atoms with E-state index in [4.69, 9.17) is 13.9 Å². The van der Waals surface area contributed by atoms with Crippen LogP contribution in [0.25, 0.3) is 33.4 Å². The number of methoxy groups -OCH3 is 2. The Morgan fingerprint density at radius 3 is 2.30 bits per heavy atom. The minimum Gasteiger partial charge on any atom is -0.497 e. The molecule has 0 bridgehead atoms. The van der Waals surface area contributed by atoms with E-state index in [0.717, 1.165) is 5.56 Å². The fourth-order valence-electron chi connectivity index (χ4n) is 3.19. The zero-order chi connectivity index (χ0) is 18.8. The molecule has 0 unspecified atom stereocenters. The minimum absolute atomic E-state index is 0.109. The van der Waals surface area contributed by atoms with Gasteiger partial charge >= 0.3 is 0 Å². The van der Waals surface area contributed by atoms with Gasteiger partial charge in [0.25, 0.3) is 0 Å². The van der Waals surface area contributed by atoms with Gasteiger partial charge in [0.1, 0.15) is 22.8 Å². The summed E-state index contributed by atoms with van der Waals surface area (Å²) in [6.45, 7) is 0. The van der Waals surface area contributed by atoms with Crippen molar-refractivity contribution in [3.8, 4) is 33.9 Å². The zero-order valence-corrected chi connectivity index (χ0v) is 15.1. The molecule has 4 nitrogen and oxygen atoms in total. The second-order valence-electron chi connectivity index (χ2n) is 6.06. The maximum Gasteiger partial charge on any atom is 0.201 e. The summed E-state index contributed by atoms with van der Waals surface area (Å²) in [7, 11) is 3.18. The topological polar surface area (TPSA) is 48.7 Å². The van der Waals surface area contributed by atoms with E-state index in [1.807, 2.05) is 54.6 Å². The fourth-order valence-corrected chi connectivity index (χ4v) is 3.19. The molecule has 0 saturated carbocycles.